The Bertz CT molecular complexity index is 605. The summed E-state index contributed by atoms with van der Waals surface area (Å²) < 4.78 is 11.0. The lowest BCUT2D eigenvalue weighted by molar-refractivity contribution is -0.143. The van der Waals surface area contributed by atoms with Gasteiger partial charge in [0, 0.05) is 6.42 Å². The molecule has 2 aromatic rings. The molecule has 1 unspecified atom stereocenters. The molecule has 0 aliphatic heterocycles. The van der Waals surface area contributed by atoms with Crippen LogP contribution in [-0.4, -0.2) is 12.6 Å². The third kappa shape index (κ3) is 6.07. The van der Waals surface area contributed by atoms with Crippen LogP contribution in [0.5, 0.6) is 5.75 Å². The lowest BCUT2D eigenvalue weighted by Crippen LogP contribution is -2.07. The minimum atomic E-state index is -0.102. The number of carbonyl (C=O) groups excluding carboxylic acids is 1. The summed E-state index contributed by atoms with van der Waals surface area (Å²) in [7, 11) is 0. The quantitative estimate of drug-likeness (QED) is 0.601. The number of benzene rings is 2. The van der Waals surface area contributed by atoms with Crippen molar-refractivity contribution < 1.29 is 14.3 Å². The summed E-state index contributed by atoms with van der Waals surface area (Å²) in [5, 5.41) is 0. The predicted octanol–water partition coefficient (Wildman–Crippen LogP) is 5.10. The molecule has 2 rings (SSSR count). The highest BCUT2D eigenvalue weighted by Crippen LogP contribution is 2.22. The van der Waals surface area contributed by atoms with Crippen LogP contribution in [0.2, 0.25) is 0 Å². The van der Waals surface area contributed by atoms with Crippen LogP contribution in [0.3, 0.4) is 0 Å². The van der Waals surface area contributed by atoms with Gasteiger partial charge in [0.2, 0.25) is 0 Å². The highest BCUT2D eigenvalue weighted by atomic mass is 16.5. The SMILES string of the molecule is CCCC(=O)OCCC(C)c1ccc(OCc2ccccc2)cc1. The molecule has 0 radical (unpaired) electrons. The van der Waals surface area contributed by atoms with Crippen LogP contribution in [0.15, 0.2) is 54.6 Å². The molecule has 0 spiro atoms. The largest absolute Gasteiger partial charge is 0.489 e. The third-order valence-electron chi connectivity index (χ3n) is 3.97. The van der Waals surface area contributed by atoms with Gasteiger partial charge in [-0.15, -0.1) is 0 Å². The molecule has 0 aromatic heterocycles. The first kappa shape index (κ1) is 18.1. The van der Waals surface area contributed by atoms with Crippen molar-refractivity contribution in [2.24, 2.45) is 0 Å². The number of esters is 1. The predicted molar refractivity (Wildman–Crippen MR) is 96.1 cm³/mol. The van der Waals surface area contributed by atoms with Crippen molar-refractivity contribution in [3.05, 3.63) is 65.7 Å². The summed E-state index contributed by atoms with van der Waals surface area (Å²) >= 11 is 0. The zero-order chi connectivity index (χ0) is 17.2. The van der Waals surface area contributed by atoms with Crippen molar-refractivity contribution in [2.45, 2.75) is 45.6 Å². The summed E-state index contributed by atoms with van der Waals surface area (Å²) in [6.07, 6.45) is 2.17. The van der Waals surface area contributed by atoms with Gasteiger partial charge in [0.05, 0.1) is 6.61 Å². The molecule has 0 saturated carbocycles. The molecule has 0 amide bonds. The van der Waals surface area contributed by atoms with Gasteiger partial charge in [0.1, 0.15) is 12.4 Å². The number of hydrogen-bond donors (Lipinski definition) is 0. The summed E-state index contributed by atoms with van der Waals surface area (Å²) in [5.74, 6) is 1.11. The highest BCUT2D eigenvalue weighted by Gasteiger charge is 2.08. The van der Waals surface area contributed by atoms with Gasteiger partial charge in [-0.25, -0.2) is 0 Å². The summed E-state index contributed by atoms with van der Waals surface area (Å²) in [4.78, 5) is 11.4. The molecule has 128 valence electrons. The van der Waals surface area contributed by atoms with E-state index in [-0.39, 0.29) is 5.97 Å². The second-order valence-electron chi connectivity index (χ2n) is 6.00. The molecule has 3 heteroatoms. The lowest BCUT2D eigenvalue weighted by Gasteiger charge is -2.13. The molecule has 0 N–H and O–H groups in total. The Morgan fingerprint density at radius 2 is 1.75 bits per heavy atom. The van der Waals surface area contributed by atoms with Crippen LogP contribution in [0.25, 0.3) is 0 Å². The molecule has 0 aliphatic rings. The van der Waals surface area contributed by atoms with Gasteiger partial charge in [-0.3, -0.25) is 4.79 Å². The first-order chi connectivity index (χ1) is 11.7. The van der Waals surface area contributed by atoms with E-state index in [1.807, 2.05) is 37.3 Å². The van der Waals surface area contributed by atoms with Crippen molar-refractivity contribution in [1.82, 2.24) is 0 Å². The van der Waals surface area contributed by atoms with Crippen LogP contribution in [-0.2, 0) is 16.1 Å². The van der Waals surface area contributed by atoms with Gasteiger partial charge >= 0.3 is 5.97 Å². The zero-order valence-corrected chi connectivity index (χ0v) is 14.5. The number of rotatable bonds is 9. The Labute approximate surface area is 144 Å². The van der Waals surface area contributed by atoms with Crippen molar-refractivity contribution in [1.29, 1.82) is 0 Å². The summed E-state index contributed by atoms with van der Waals surface area (Å²) in [6.45, 7) is 5.17. The Morgan fingerprint density at radius 1 is 1.04 bits per heavy atom. The smallest absolute Gasteiger partial charge is 0.305 e. The first-order valence-corrected chi connectivity index (χ1v) is 8.61. The average Bonchev–Trinajstić information content (AvgIpc) is 2.61. The lowest BCUT2D eigenvalue weighted by atomic mass is 9.98. The van der Waals surface area contributed by atoms with Crippen LogP contribution in [0.4, 0.5) is 0 Å². The maximum absolute atomic E-state index is 11.4. The van der Waals surface area contributed by atoms with E-state index in [2.05, 4.69) is 31.2 Å². The summed E-state index contributed by atoms with van der Waals surface area (Å²) in [6, 6.07) is 18.3. The van der Waals surface area contributed by atoms with Crippen molar-refractivity contribution in [2.75, 3.05) is 6.61 Å². The van der Waals surface area contributed by atoms with Crippen molar-refractivity contribution in [3.8, 4) is 5.75 Å². The Balaban J connectivity index is 1.77. The zero-order valence-electron chi connectivity index (χ0n) is 14.5. The fraction of sp³-hybridized carbons (Fsp3) is 0.381. The molecular formula is C21H26O3. The topological polar surface area (TPSA) is 35.5 Å². The van der Waals surface area contributed by atoms with Crippen LogP contribution < -0.4 is 4.74 Å². The van der Waals surface area contributed by atoms with E-state index in [9.17, 15) is 4.79 Å². The van der Waals surface area contributed by atoms with Gasteiger partial charge in [-0.1, -0.05) is 56.3 Å². The van der Waals surface area contributed by atoms with Crippen LogP contribution in [0, 0.1) is 0 Å². The Morgan fingerprint density at radius 3 is 2.42 bits per heavy atom. The molecule has 2 aromatic carbocycles. The van der Waals surface area contributed by atoms with E-state index in [4.69, 9.17) is 9.47 Å². The maximum Gasteiger partial charge on any atom is 0.305 e. The van der Waals surface area contributed by atoms with Crippen LogP contribution >= 0.6 is 0 Å². The Kier molecular flexibility index (Phi) is 7.34. The second-order valence-corrected chi connectivity index (χ2v) is 6.00. The monoisotopic (exact) mass is 326 g/mol. The molecule has 0 fully saturated rings. The minimum Gasteiger partial charge on any atom is -0.489 e. The van der Waals surface area contributed by atoms with E-state index in [0.717, 1.165) is 24.2 Å². The summed E-state index contributed by atoms with van der Waals surface area (Å²) in [5.41, 5.74) is 2.39. The molecule has 0 heterocycles. The van der Waals surface area contributed by atoms with E-state index in [1.54, 1.807) is 0 Å². The van der Waals surface area contributed by atoms with Gasteiger partial charge < -0.3 is 9.47 Å². The molecular weight excluding hydrogens is 300 g/mol. The van der Waals surface area contributed by atoms with Crippen LogP contribution in [0.1, 0.15) is 50.2 Å². The first-order valence-electron chi connectivity index (χ1n) is 8.61. The van der Waals surface area contributed by atoms with Crippen molar-refractivity contribution in [3.63, 3.8) is 0 Å². The second kappa shape index (κ2) is 9.76. The molecule has 0 saturated heterocycles. The minimum absolute atomic E-state index is 0.102. The van der Waals surface area contributed by atoms with E-state index in [0.29, 0.717) is 25.6 Å². The number of ether oxygens (including phenoxy) is 2. The van der Waals surface area contributed by atoms with Crippen molar-refractivity contribution >= 4 is 5.97 Å². The Hall–Kier alpha value is -2.29. The van der Waals surface area contributed by atoms with Gasteiger partial charge in [0.25, 0.3) is 0 Å². The fourth-order valence-electron chi connectivity index (χ4n) is 2.43. The normalized spacial score (nSPS) is 11.8. The third-order valence-corrected chi connectivity index (χ3v) is 3.97. The highest BCUT2D eigenvalue weighted by molar-refractivity contribution is 5.69. The van der Waals surface area contributed by atoms with E-state index >= 15 is 0 Å². The number of carbonyl (C=O) groups is 1. The van der Waals surface area contributed by atoms with Gasteiger partial charge in [0.15, 0.2) is 0 Å². The van der Waals surface area contributed by atoms with Gasteiger partial charge in [-0.2, -0.15) is 0 Å². The molecule has 3 nitrogen and oxygen atoms in total. The molecule has 1 atom stereocenters. The molecule has 0 aliphatic carbocycles. The maximum atomic E-state index is 11.4. The fourth-order valence-corrected chi connectivity index (χ4v) is 2.43. The van der Waals surface area contributed by atoms with Gasteiger partial charge in [-0.05, 0) is 42.0 Å². The molecule has 0 bridgehead atoms. The van der Waals surface area contributed by atoms with E-state index in [1.165, 1.54) is 5.56 Å². The number of hydrogen-bond acceptors (Lipinski definition) is 3. The average molecular weight is 326 g/mol. The van der Waals surface area contributed by atoms with E-state index < -0.39 is 0 Å². The molecule has 24 heavy (non-hydrogen) atoms. The standard InChI is InChI=1S/C21H26O3/c1-3-7-21(22)23-15-14-17(2)19-10-12-20(13-11-19)24-16-18-8-5-4-6-9-18/h4-6,8-13,17H,3,7,14-16H2,1-2H3.